The van der Waals surface area contributed by atoms with Crippen LogP contribution in [0.15, 0.2) is 34.1 Å². The molecule has 1 fully saturated rings. The minimum atomic E-state index is -4.77. The number of carboxylic acid groups (broad SMARTS) is 1. The molecule has 1 aliphatic rings. The summed E-state index contributed by atoms with van der Waals surface area (Å²) in [6.45, 7) is 0. The molecule has 4 N–H and O–H groups in total. The van der Waals surface area contributed by atoms with Crippen molar-refractivity contribution in [3.63, 3.8) is 0 Å². The number of carboxylic acids is 1. The molecule has 0 bridgehead atoms. The highest BCUT2D eigenvalue weighted by Crippen LogP contribution is 2.38. The maximum Gasteiger partial charge on any atom is 0.335 e. The first-order valence-electron chi connectivity index (χ1n) is 13.0. The Morgan fingerprint density at radius 1 is 0.895 bits per heavy atom. The van der Waals surface area contributed by atoms with Crippen molar-refractivity contribution in [2.24, 2.45) is 5.14 Å². The molecule has 0 heterocycles. The third kappa shape index (κ3) is 8.38. The predicted molar refractivity (Wildman–Crippen MR) is 144 cm³/mol. The molecule has 0 saturated heterocycles. The quantitative estimate of drug-likeness (QED) is 0.235. The molecule has 1 aliphatic carbocycles. The van der Waals surface area contributed by atoms with Gasteiger partial charge in [-0.3, -0.25) is 0 Å². The number of sulfonamides is 1. The Balaban J connectivity index is 1.85. The third-order valence-corrected chi connectivity index (χ3v) is 8.82. The molecule has 0 aliphatic heterocycles. The molecule has 38 heavy (non-hydrogen) atoms. The Labute approximate surface area is 226 Å². The van der Waals surface area contributed by atoms with E-state index in [4.69, 9.17) is 10.2 Å². The van der Waals surface area contributed by atoms with Crippen LogP contribution in [0, 0.1) is 17.5 Å². The minimum Gasteiger partial charge on any atom is -0.478 e. The van der Waals surface area contributed by atoms with E-state index in [9.17, 15) is 17.6 Å². The molecule has 3 rings (SSSR count). The van der Waals surface area contributed by atoms with E-state index >= 15 is 8.78 Å². The van der Waals surface area contributed by atoms with Crippen molar-refractivity contribution in [1.82, 2.24) is 0 Å². The van der Waals surface area contributed by atoms with Crippen LogP contribution in [0.25, 0.3) is 0 Å². The molecular weight excluding hydrogens is 537 g/mol. The van der Waals surface area contributed by atoms with Crippen molar-refractivity contribution in [2.45, 2.75) is 92.9 Å². The number of primary sulfonamides is 1. The topological polar surface area (TPSA) is 109 Å². The highest BCUT2D eigenvalue weighted by Gasteiger charge is 2.32. The average Bonchev–Trinajstić information content (AvgIpc) is 2.85. The van der Waals surface area contributed by atoms with E-state index in [1.165, 1.54) is 18.6 Å². The Bertz CT molecular complexity index is 1200. The van der Waals surface area contributed by atoms with Crippen LogP contribution in [0.5, 0.6) is 0 Å². The normalized spacial score (nSPS) is 16.4. The molecule has 0 amide bonds. The smallest absolute Gasteiger partial charge is 0.335 e. The Hall–Kier alpha value is -2.24. The third-order valence-electron chi connectivity index (χ3n) is 6.81. The van der Waals surface area contributed by atoms with Crippen LogP contribution in [0.2, 0.25) is 0 Å². The zero-order chi connectivity index (χ0) is 27.7. The van der Waals surface area contributed by atoms with Gasteiger partial charge in [-0.25, -0.2) is 31.5 Å². The first kappa shape index (κ1) is 30.3. The predicted octanol–water partition coefficient (Wildman–Crippen LogP) is 6.87. The van der Waals surface area contributed by atoms with Crippen molar-refractivity contribution in [1.29, 1.82) is 0 Å². The molecule has 6 nitrogen and oxygen atoms in total. The summed E-state index contributed by atoms with van der Waals surface area (Å²) >= 11 is 0.725. The minimum absolute atomic E-state index is 0.113. The lowest BCUT2D eigenvalue weighted by Crippen LogP contribution is -2.25. The molecular formula is C27H35F3N2O4S2. The van der Waals surface area contributed by atoms with Gasteiger partial charge in [0, 0.05) is 11.8 Å². The number of nitrogens with two attached hydrogens (primary N) is 1. The number of hydrogen-bond acceptors (Lipinski definition) is 5. The summed E-state index contributed by atoms with van der Waals surface area (Å²) in [5, 5.41) is 17.1. The number of nitrogens with one attached hydrogen (secondary N) is 1. The van der Waals surface area contributed by atoms with Gasteiger partial charge in [0.15, 0.2) is 17.5 Å². The van der Waals surface area contributed by atoms with E-state index in [-0.39, 0.29) is 17.4 Å². The summed E-state index contributed by atoms with van der Waals surface area (Å²) < 4.78 is 70.2. The molecule has 0 radical (unpaired) electrons. The van der Waals surface area contributed by atoms with Crippen molar-refractivity contribution < 1.29 is 31.5 Å². The average molecular weight is 573 g/mol. The number of carbonyl (C=O) groups is 1. The van der Waals surface area contributed by atoms with E-state index in [1.54, 1.807) is 12.1 Å². The van der Waals surface area contributed by atoms with Crippen LogP contribution in [-0.4, -0.2) is 31.3 Å². The SMILES string of the molecule is NS(=O)(=O)c1c(F)c(F)c(SCCc2ccc(C(=O)O)cc2)c(F)c1NC1CCCCCCCCCCC1. The number of aromatic carboxylic acids is 1. The zero-order valence-corrected chi connectivity index (χ0v) is 22.9. The molecule has 0 atom stereocenters. The summed E-state index contributed by atoms with van der Waals surface area (Å²) in [5.74, 6) is -5.38. The highest BCUT2D eigenvalue weighted by molar-refractivity contribution is 7.99. The van der Waals surface area contributed by atoms with Crippen LogP contribution in [0.1, 0.15) is 86.6 Å². The first-order valence-corrected chi connectivity index (χ1v) is 15.6. The monoisotopic (exact) mass is 572 g/mol. The fourth-order valence-electron chi connectivity index (χ4n) is 4.74. The number of aryl methyl sites for hydroxylation is 1. The van der Waals surface area contributed by atoms with Gasteiger partial charge in [0.05, 0.1) is 16.1 Å². The number of anilines is 1. The molecule has 2 aromatic carbocycles. The Morgan fingerprint density at radius 2 is 1.42 bits per heavy atom. The lowest BCUT2D eigenvalue weighted by atomic mass is 9.97. The standard InChI is InChI=1S/C27H35F3N2O4S2/c28-21-22(29)26(38(31,35)36)24(32-20-10-8-6-4-2-1-3-5-7-9-11-20)23(30)25(21)37-17-16-18-12-14-19(15-13-18)27(33)34/h12-15,20,32H,1-11,16-17H2,(H,33,34)(H2,31,35,36). The van der Waals surface area contributed by atoms with Gasteiger partial charge in [0.1, 0.15) is 4.90 Å². The van der Waals surface area contributed by atoms with Gasteiger partial charge < -0.3 is 10.4 Å². The number of rotatable bonds is 8. The van der Waals surface area contributed by atoms with Crippen molar-refractivity contribution in [3.05, 3.63) is 52.8 Å². The molecule has 0 unspecified atom stereocenters. The van der Waals surface area contributed by atoms with Gasteiger partial charge >= 0.3 is 5.97 Å². The van der Waals surface area contributed by atoms with Crippen LogP contribution >= 0.6 is 11.8 Å². The molecule has 210 valence electrons. The van der Waals surface area contributed by atoms with Gasteiger partial charge in [-0.15, -0.1) is 11.8 Å². The zero-order valence-electron chi connectivity index (χ0n) is 21.3. The van der Waals surface area contributed by atoms with Crippen molar-refractivity contribution in [2.75, 3.05) is 11.1 Å². The molecule has 2 aromatic rings. The summed E-state index contributed by atoms with van der Waals surface area (Å²) in [5.41, 5.74) is 0.231. The first-order chi connectivity index (χ1) is 18.1. The van der Waals surface area contributed by atoms with Crippen LogP contribution in [-0.2, 0) is 16.4 Å². The van der Waals surface area contributed by atoms with Gasteiger partial charge in [-0.05, 0) is 37.0 Å². The van der Waals surface area contributed by atoms with Gasteiger partial charge in [0.25, 0.3) is 0 Å². The molecule has 1 saturated carbocycles. The van der Waals surface area contributed by atoms with E-state index in [1.807, 2.05) is 0 Å². The number of benzene rings is 2. The second-order valence-electron chi connectivity index (χ2n) is 9.72. The van der Waals surface area contributed by atoms with E-state index in [0.717, 1.165) is 68.7 Å². The lowest BCUT2D eigenvalue weighted by Gasteiger charge is -2.24. The maximum absolute atomic E-state index is 15.7. The lowest BCUT2D eigenvalue weighted by molar-refractivity contribution is 0.0697. The second-order valence-corrected chi connectivity index (χ2v) is 12.3. The fourth-order valence-corrected chi connectivity index (χ4v) is 6.50. The molecule has 0 aromatic heterocycles. The van der Waals surface area contributed by atoms with E-state index in [0.29, 0.717) is 19.3 Å². The van der Waals surface area contributed by atoms with Crippen LogP contribution in [0.3, 0.4) is 0 Å². The van der Waals surface area contributed by atoms with Crippen LogP contribution < -0.4 is 10.5 Å². The molecule has 11 heteroatoms. The Kier molecular flexibility index (Phi) is 11.3. The largest absolute Gasteiger partial charge is 0.478 e. The second kappa shape index (κ2) is 14.2. The van der Waals surface area contributed by atoms with Gasteiger partial charge in [-0.2, -0.15) is 0 Å². The fraction of sp³-hybridized carbons (Fsp3) is 0.519. The summed E-state index contributed by atoms with van der Waals surface area (Å²) in [6, 6.07) is 5.74. The molecule has 0 spiro atoms. The summed E-state index contributed by atoms with van der Waals surface area (Å²) in [6.07, 6.45) is 11.1. The van der Waals surface area contributed by atoms with Crippen molar-refractivity contribution in [3.8, 4) is 0 Å². The van der Waals surface area contributed by atoms with Crippen LogP contribution in [0.4, 0.5) is 18.9 Å². The van der Waals surface area contributed by atoms with Gasteiger partial charge in [-0.1, -0.05) is 69.9 Å². The number of halogens is 3. The summed E-state index contributed by atoms with van der Waals surface area (Å²) in [7, 11) is -4.77. The number of thioether (sulfide) groups is 1. The van der Waals surface area contributed by atoms with E-state index in [2.05, 4.69) is 5.32 Å². The Morgan fingerprint density at radius 3 is 1.92 bits per heavy atom. The highest BCUT2D eigenvalue weighted by atomic mass is 32.2. The van der Waals surface area contributed by atoms with Gasteiger partial charge in [0.2, 0.25) is 10.0 Å². The summed E-state index contributed by atoms with van der Waals surface area (Å²) in [4.78, 5) is 9.20. The van der Waals surface area contributed by atoms with Crippen molar-refractivity contribution >= 4 is 33.4 Å². The number of hydrogen-bond donors (Lipinski definition) is 3. The van der Waals surface area contributed by atoms with E-state index < -0.39 is 48.9 Å². The maximum atomic E-state index is 15.7.